The van der Waals surface area contributed by atoms with Gasteiger partial charge >= 0.3 is 0 Å². The zero-order valence-corrected chi connectivity index (χ0v) is 10.3. The maximum Gasteiger partial charge on any atom is 0.142 e. The van der Waals surface area contributed by atoms with Gasteiger partial charge in [0.1, 0.15) is 12.0 Å². The van der Waals surface area contributed by atoms with Crippen LogP contribution in [0.3, 0.4) is 0 Å². The van der Waals surface area contributed by atoms with Crippen LogP contribution in [0.15, 0.2) is 18.2 Å². The van der Waals surface area contributed by atoms with Gasteiger partial charge < -0.3 is 5.32 Å². The quantitative estimate of drug-likeness (QED) is 0.878. The minimum absolute atomic E-state index is 0.0889. The Balaban J connectivity index is 1.96. The fraction of sp³-hybridized carbons (Fsp3) is 0.538. The predicted molar refractivity (Wildman–Crippen MR) is 65.6 cm³/mol. The Labute approximate surface area is 105 Å². The van der Waals surface area contributed by atoms with E-state index in [0.717, 1.165) is 25.9 Å². The van der Waals surface area contributed by atoms with Crippen LogP contribution in [0.25, 0.3) is 0 Å². The van der Waals surface area contributed by atoms with Crippen molar-refractivity contribution < 1.29 is 8.78 Å². The minimum Gasteiger partial charge on any atom is -0.317 e. The van der Waals surface area contributed by atoms with E-state index in [4.69, 9.17) is 11.6 Å². The molecule has 4 heteroatoms. The summed E-state index contributed by atoms with van der Waals surface area (Å²) in [7, 11) is 0. The van der Waals surface area contributed by atoms with Gasteiger partial charge in [-0.1, -0.05) is 17.7 Å². The summed E-state index contributed by atoms with van der Waals surface area (Å²) in [6.07, 6.45) is 1.10. The van der Waals surface area contributed by atoms with Crippen LogP contribution in [-0.2, 0) is 6.42 Å². The summed E-state index contributed by atoms with van der Waals surface area (Å²) >= 11 is 5.59. The maximum atomic E-state index is 14.0. The van der Waals surface area contributed by atoms with Crippen LogP contribution in [0.1, 0.15) is 18.4 Å². The Hall–Kier alpha value is -0.670. The fourth-order valence-corrected chi connectivity index (χ4v) is 2.38. The van der Waals surface area contributed by atoms with Crippen LogP contribution in [0, 0.1) is 11.7 Å². The number of alkyl halides is 1. The lowest BCUT2D eigenvalue weighted by molar-refractivity contribution is 0.187. The molecule has 1 aromatic carbocycles. The first-order valence-electron chi connectivity index (χ1n) is 5.95. The van der Waals surface area contributed by atoms with E-state index in [1.165, 1.54) is 12.1 Å². The third-order valence-electron chi connectivity index (χ3n) is 3.31. The van der Waals surface area contributed by atoms with E-state index < -0.39 is 12.0 Å². The highest BCUT2D eigenvalue weighted by Crippen LogP contribution is 2.24. The van der Waals surface area contributed by atoms with Crippen LogP contribution in [0.4, 0.5) is 8.78 Å². The van der Waals surface area contributed by atoms with Gasteiger partial charge in [0, 0.05) is 6.42 Å². The van der Waals surface area contributed by atoms with Crippen molar-refractivity contribution >= 4 is 11.6 Å². The first-order chi connectivity index (χ1) is 8.16. The second-order valence-electron chi connectivity index (χ2n) is 4.56. The molecule has 1 fully saturated rings. The number of nitrogens with one attached hydrogen (secondary N) is 1. The molecular weight excluding hydrogens is 244 g/mol. The van der Waals surface area contributed by atoms with Gasteiger partial charge in [0.15, 0.2) is 0 Å². The molecule has 1 unspecified atom stereocenters. The van der Waals surface area contributed by atoms with Gasteiger partial charge in [-0.3, -0.25) is 0 Å². The largest absolute Gasteiger partial charge is 0.317 e. The number of benzene rings is 1. The molecule has 0 saturated carbocycles. The first kappa shape index (κ1) is 12.8. The lowest BCUT2D eigenvalue weighted by atomic mass is 9.89. The highest BCUT2D eigenvalue weighted by Gasteiger charge is 2.23. The molecule has 1 aliphatic heterocycles. The molecule has 0 amide bonds. The molecule has 1 aromatic rings. The first-order valence-corrected chi connectivity index (χ1v) is 6.33. The van der Waals surface area contributed by atoms with E-state index in [-0.39, 0.29) is 17.4 Å². The highest BCUT2D eigenvalue weighted by atomic mass is 35.5. The number of rotatable bonds is 3. The Kier molecular flexibility index (Phi) is 4.35. The van der Waals surface area contributed by atoms with Crippen LogP contribution in [-0.4, -0.2) is 19.3 Å². The number of halogens is 3. The molecule has 1 nitrogen and oxygen atoms in total. The van der Waals surface area contributed by atoms with Gasteiger partial charge in [-0.2, -0.15) is 0 Å². The summed E-state index contributed by atoms with van der Waals surface area (Å²) < 4.78 is 27.2. The zero-order chi connectivity index (χ0) is 12.3. The predicted octanol–water partition coefficient (Wildman–Crippen LogP) is 3.36. The van der Waals surface area contributed by atoms with Crippen molar-refractivity contribution in [3.8, 4) is 0 Å². The molecule has 1 saturated heterocycles. The summed E-state index contributed by atoms with van der Waals surface area (Å²) in [6, 6.07) is 4.51. The van der Waals surface area contributed by atoms with E-state index in [9.17, 15) is 8.78 Å². The second-order valence-corrected chi connectivity index (χ2v) is 4.96. The molecule has 0 radical (unpaired) electrons. The maximum absolute atomic E-state index is 14.0. The van der Waals surface area contributed by atoms with Gasteiger partial charge in [0.05, 0.1) is 5.02 Å². The van der Waals surface area contributed by atoms with Crippen molar-refractivity contribution in [2.45, 2.75) is 25.4 Å². The summed E-state index contributed by atoms with van der Waals surface area (Å²) in [5.74, 6) is -0.378. The summed E-state index contributed by atoms with van der Waals surface area (Å²) in [4.78, 5) is 0. The molecule has 17 heavy (non-hydrogen) atoms. The highest BCUT2D eigenvalue weighted by molar-refractivity contribution is 6.30. The van der Waals surface area contributed by atoms with Crippen molar-refractivity contribution in [2.24, 2.45) is 5.92 Å². The third kappa shape index (κ3) is 3.39. The van der Waals surface area contributed by atoms with E-state index in [1.54, 1.807) is 6.07 Å². The number of hydrogen-bond donors (Lipinski definition) is 1. The van der Waals surface area contributed by atoms with Crippen LogP contribution in [0.2, 0.25) is 5.02 Å². The molecule has 0 bridgehead atoms. The third-order valence-corrected chi connectivity index (χ3v) is 3.62. The minimum atomic E-state index is -0.891. The lowest BCUT2D eigenvalue weighted by Gasteiger charge is -2.25. The van der Waals surface area contributed by atoms with Crippen molar-refractivity contribution in [1.82, 2.24) is 5.32 Å². The van der Waals surface area contributed by atoms with Crippen molar-refractivity contribution in [3.05, 3.63) is 34.6 Å². The van der Waals surface area contributed by atoms with E-state index in [0.29, 0.717) is 5.56 Å². The van der Waals surface area contributed by atoms with Crippen LogP contribution < -0.4 is 5.32 Å². The lowest BCUT2D eigenvalue weighted by Crippen LogP contribution is -2.33. The average molecular weight is 260 g/mol. The van der Waals surface area contributed by atoms with Crippen molar-refractivity contribution in [2.75, 3.05) is 13.1 Å². The molecule has 1 heterocycles. The summed E-state index contributed by atoms with van der Waals surface area (Å²) in [6.45, 7) is 1.75. The molecule has 0 spiro atoms. The molecule has 2 rings (SSSR count). The summed E-state index contributed by atoms with van der Waals surface area (Å²) in [5.41, 5.74) is 0.679. The Morgan fingerprint density at radius 1 is 1.35 bits per heavy atom. The Morgan fingerprint density at radius 3 is 2.71 bits per heavy atom. The molecule has 94 valence electrons. The standard InChI is InChI=1S/C13H16ClF2N/c14-11-2-1-9(8-13(11)16)7-12(15)10-3-5-17-6-4-10/h1-2,8,10,12,17H,3-7H2. The molecule has 0 aliphatic carbocycles. The van der Waals surface area contributed by atoms with Gasteiger partial charge in [-0.05, 0) is 49.5 Å². The average Bonchev–Trinajstić information content (AvgIpc) is 2.35. The van der Waals surface area contributed by atoms with Crippen molar-refractivity contribution in [3.63, 3.8) is 0 Å². The smallest absolute Gasteiger partial charge is 0.142 e. The van der Waals surface area contributed by atoms with E-state index >= 15 is 0 Å². The molecular formula is C13H16ClF2N. The number of piperidine rings is 1. The number of hydrogen-bond acceptors (Lipinski definition) is 1. The van der Waals surface area contributed by atoms with E-state index in [2.05, 4.69) is 5.32 Å². The molecule has 1 aliphatic rings. The molecule has 1 atom stereocenters. The van der Waals surface area contributed by atoms with Gasteiger partial charge in [-0.15, -0.1) is 0 Å². The normalized spacial score (nSPS) is 19.2. The topological polar surface area (TPSA) is 12.0 Å². The SMILES string of the molecule is Fc1cc(CC(F)C2CCNCC2)ccc1Cl. The summed E-state index contributed by atoms with van der Waals surface area (Å²) in [5, 5.41) is 3.29. The van der Waals surface area contributed by atoms with Crippen LogP contribution in [0.5, 0.6) is 0 Å². The second kappa shape index (κ2) is 5.78. The van der Waals surface area contributed by atoms with Crippen LogP contribution >= 0.6 is 11.6 Å². The zero-order valence-electron chi connectivity index (χ0n) is 9.56. The van der Waals surface area contributed by atoms with Gasteiger partial charge in [-0.25, -0.2) is 8.78 Å². The van der Waals surface area contributed by atoms with Gasteiger partial charge in [0.25, 0.3) is 0 Å². The van der Waals surface area contributed by atoms with Crippen molar-refractivity contribution in [1.29, 1.82) is 0 Å². The fourth-order valence-electron chi connectivity index (χ4n) is 2.26. The van der Waals surface area contributed by atoms with Gasteiger partial charge in [0.2, 0.25) is 0 Å². The Bertz CT molecular complexity index is 378. The monoisotopic (exact) mass is 259 g/mol. The molecule has 0 aromatic heterocycles. The molecule has 1 N–H and O–H groups in total. The Morgan fingerprint density at radius 2 is 2.06 bits per heavy atom. The van der Waals surface area contributed by atoms with E-state index in [1.807, 2.05) is 0 Å².